The number of aromatic nitrogens is 1. The fraction of sp³-hybridized carbons (Fsp3) is 0.750. The molecule has 0 saturated carbocycles. The molecule has 0 radical (unpaired) electrons. The monoisotopic (exact) mass is 288 g/mol. The predicted molar refractivity (Wildman–Crippen MR) is 69.1 cm³/mol. The van der Waals surface area contributed by atoms with E-state index in [1.165, 1.54) is 4.31 Å². The fourth-order valence-corrected chi connectivity index (χ4v) is 4.38. The van der Waals surface area contributed by atoms with Crippen LogP contribution >= 0.6 is 0 Å². The van der Waals surface area contributed by atoms with E-state index >= 15 is 0 Å². The Morgan fingerprint density at radius 2 is 2.16 bits per heavy atom. The summed E-state index contributed by atoms with van der Waals surface area (Å²) in [5.41, 5.74) is 0.386. The second kappa shape index (κ2) is 5.22. The van der Waals surface area contributed by atoms with Crippen molar-refractivity contribution in [3.05, 3.63) is 11.5 Å². The predicted octanol–water partition coefficient (Wildman–Crippen LogP) is 1.07. The van der Waals surface area contributed by atoms with Crippen LogP contribution < -0.4 is 0 Å². The van der Waals surface area contributed by atoms with Gasteiger partial charge in [-0.2, -0.15) is 4.31 Å². The van der Waals surface area contributed by atoms with Crippen molar-refractivity contribution in [2.45, 2.75) is 44.6 Å². The van der Waals surface area contributed by atoms with Gasteiger partial charge in [0.05, 0.1) is 6.10 Å². The van der Waals surface area contributed by atoms with Crippen LogP contribution in [0.3, 0.4) is 0 Å². The van der Waals surface area contributed by atoms with E-state index in [4.69, 9.17) is 4.52 Å². The normalized spacial score (nSPS) is 23.5. The van der Waals surface area contributed by atoms with Gasteiger partial charge in [0, 0.05) is 13.1 Å². The van der Waals surface area contributed by atoms with Crippen LogP contribution in [-0.2, 0) is 10.0 Å². The molecule has 1 aliphatic rings. The molecule has 19 heavy (non-hydrogen) atoms. The van der Waals surface area contributed by atoms with E-state index in [1.54, 1.807) is 20.8 Å². The van der Waals surface area contributed by atoms with Crippen LogP contribution in [0.25, 0.3) is 0 Å². The van der Waals surface area contributed by atoms with E-state index in [1.807, 2.05) is 0 Å². The first-order valence-electron chi connectivity index (χ1n) is 6.45. The van der Waals surface area contributed by atoms with E-state index in [-0.39, 0.29) is 10.8 Å². The molecule has 1 aromatic heterocycles. The highest BCUT2D eigenvalue weighted by atomic mass is 32.2. The Morgan fingerprint density at radius 3 is 2.68 bits per heavy atom. The van der Waals surface area contributed by atoms with Gasteiger partial charge in [-0.05, 0) is 39.5 Å². The van der Waals surface area contributed by atoms with Crippen molar-refractivity contribution in [3.8, 4) is 0 Å². The van der Waals surface area contributed by atoms with Gasteiger partial charge in [-0.15, -0.1) is 0 Å². The molecule has 2 rings (SSSR count). The Hall–Kier alpha value is -0.920. The first-order chi connectivity index (χ1) is 8.84. The number of nitrogens with zero attached hydrogens (tertiary/aromatic N) is 2. The molecule has 0 spiro atoms. The molecular weight excluding hydrogens is 268 g/mol. The summed E-state index contributed by atoms with van der Waals surface area (Å²) in [5.74, 6) is 0.306. The van der Waals surface area contributed by atoms with E-state index in [2.05, 4.69) is 5.16 Å². The largest absolute Gasteiger partial charge is 0.393 e. The van der Waals surface area contributed by atoms with Crippen LogP contribution in [0.4, 0.5) is 0 Å². The molecule has 0 aromatic carbocycles. The van der Waals surface area contributed by atoms with E-state index in [0.717, 1.165) is 12.8 Å². The van der Waals surface area contributed by atoms with Crippen LogP contribution in [0.15, 0.2) is 9.42 Å². The molecule has 1 saturated heterocycles. The maximum absolute atomic E-state index is 12.6. The highest BCUT2D eigenvalue weighted by molar-refractivity contribution is 7.89. The van der Waals surface area contributed by atoms with Gasteiger partial charge in [0.2, 0.25) is 10.0 Å². The highest BCUT2D eigenvalue weighted by Crippen LogP contribution is 2.28. The number of hydrogen-bond acceptors (Lipinski definition) is 5. The van der Waals surface area contributed by atoms with Gasteiger partial charge in [-0.3, -0.25) is 0 Å². The third kappa shape index (κ3) is 2.68. The summed E-state index contributed by atoms with van der Waals surface area (Å²) < 4.78 is 31.6. The van der Waals surface area contributed by atoms with Crippen molar-refractivity contribution in [1.82, 2.24) is 9.46 Å². The summed E-state index contributed by atoms with van der Waals surface area (Å²) >= 11 is 0. The third-order valence-electron chi connectivity index (χ3n) is 3.67. The molecule has 1 fully saturated rings. The van der Waals surface area contributed by atoms with Crippen LogP contribution in [0, 0.1) is 19.8 Å². The average Bonchev–Trinajstić information content (AvgIpc) is 2.69. The van der Waals surface area contributed by atoms with Crippen LogP contribution in [0.2, 0.25) is 0 Å². The number of aliphatic hydroxyl groups excluding tert-OH is 1. The Labute approximate surface area is 113 Å². The van der Waals surface area contributed by atoms with Crippen LogP contribution in [0.1, 0.15) is 31.2 Å². The zero-order valence-corrected chi connectivity index (χ0v) is 12.3. The van der Waals surface area contributed by atoms with Crippen LogP contribution in [0.5, 0.6) is 0 Å². The first kappa shape index (κ1) is 14.5. The summed E-state index contributed by atoms with van der Waals surface area (Å²) in [6.45, 7) is 5.76. The molecule has 2 atom stereocenters. The van der Waals surface area contributed by atoms with Gasteiger partial charge in [-0.1, -0.05) is 5.16 Å². The van der Waals surface area contributed by atoms with Gasteiger partial charge in [0.1, 0.15) is 10.6 Å². The van der Waals surface area contributed by atoms with Crippen molar-refractivity contribution >= 4 is 10.0 Å². The topological polar surface area (TPSA) is 83.6 Å². The molecule has 108 valence electrons. The Bertz CT molecular complexity index is 531. The van der Waals surface area contributed by atoms with Crippen molar-refractivity contribution in [3.63, 3.8) is 0 Å². The summed E-state index contributed by atoms with van der Waals surface area (Å²) in [7, 11) is -3.58. The second-order valence-corrected chi connectivity index (χ2v) is 7.03. The summed E-state index contributed by atoms with van der Waals surface area (Å²) in [6.07, 6.45) is 1.12. The second-order valence-electron chi connectivity index (χ2n) is 5.16. The van der Waals surface area contributed by atoms with E-state index in [9.17, 15) is 13.5 Å². The SMILES string of the molecule is Cc1noc(C)c1S(=O)(=O)N1CCCC(C(C)O)C1. The quantitative estimate of drug-likeness (QED) is 0.899. The minimum Gasteiger partial charge on any atom is -0.393 e. The molecule has 2 unspecified atom stereocenters. The van der Waals surface area contributed by atoms with Crippen molar-refractivity contribution < 1.29 is 18.0 Å². The van der Waals surface area contributed by atoms with Gasteiger partial charge in [-0.25, -0.2) is 8.42 Å². The molecule has 0 aliphatic carbocycles. The van der Waals surface area contributed by atoms with E-state index < -0.39 is 16.1 Å². The molecular formula is C12H20N2O4S. The lowest BCUT2D eigenvalue weighted by molar-refractivity contribution is 0.0885. The zero-order valence-electron chi connectivity index (χ0n) is 11.5. The first-order valence-corrected chi connectivity index (χ1v) is 7.89. The molecule has 1 N–H and O–H groups in total. The number of sulfonamides is 1. The Balaban J connectivity index is 2.30. The zero-order chi connectivity index (χ0) is 14.2. The molecule has 0 amide bonds. The molecule has 2 heterocycles. The summed E-state index contributed by atoms with van der Waals surface area (Å²) in [5, 5.41) is 13.3. The van der Waals surface area contributed by atoms with Crippen molar-refractivity contribution in [1.29, 1.82) is 0 Å². The number of piperidine rings is 1. The van der Waals surface area contributed by atoms with Gasteiger partial charge in [0.15, 0.2) is 5.76 Å². The van der Waals surface area contributed by atoms with Crippen molar-refractivity contribution in [2.24, 2.45) is 5.92 Å². The number of rotatable bonds is 3. The maximum Gasteiger partial charge on any atom is 0.248 e. The molecule has 6 nitrogen and oxygen atoms in total. The molecule has 1 aromatic rings. The van der Waals surface area contributed by atoms with Crippen molar-refractivity contribution in [2.75, 3.05) is 13.1 Å². The van der Waals surface area contributed by atoms with E-state index in [0.29, 0.717) is 24.5 Å². The average molecular weight is 288 g/mol. The highest BCUT2D eigenvalue weighted by Gasteiger charge is 2.35. The minimum absolute atomic E-state index is 0.0102. The van der Waals surface area contributed by atoms with Crippen LogP contribution in [-0.4, -0.2) is 42.2 Å². The third-order valence-corrected chi connectivity index (χ3v) is 5.78. The molecule has 7 heteroatoms. The lowest BCUT2D eigenvalue weighted by Gasteiger charge is -2.33. The number of hydrogen-bond donors (Lipinski definition) is 1. The number of aryl methyl sites for hydroxylation is 2. The molecule has 0 bridgehead atoms. The Kier molecular flexibility index (Phi) is 3.98. The van der Waals surface area contributed by atoms with Gasteiger partial charge in [0.25, 0.3) is 0 Å². The molecule has 1 aliphatic heterocycles. The Morgan fingerprint density at radius 1 is 1.47 bits per heavy atom. The van der Waals surface area contributed by atoms with Gasteiger partial charge >= 0.3 is 0 Å². The number of aliphatic hydroxyl groups is 1. The maximum atomic E-state index is 12.6. The fourth-order valence-electron chi connectivity index (χ4n) is 2.56. The summed E-state index contributed by atoms with van der Waals surface area (Å²) in [6, 6.07) is 0. The smallest absolute Gasteiger partial charge is 0.248 e. The summed E-state index contributed by atoms with van der Waals surface area (Å²) in [4.78, 5) is 0.166. The standard InChI is InChI=1S/C12H20N2O4S/c1-8-12(10(3)18-13-8)19(16,17)14-6-4-5-11(7-14)9(2)15/h9,11,15H,4-7H2,1-3H3. The lowest BCUT2D eigenvalue weighted by Crippen LogP contribution is -2.43. The van der Waals surface area contributed by atoms with Gasteiger partial charge < -0.3 is 9.63 Å². The lowest BCUT2D eigenvalue weighted by atomic mass is 9.95. The minimum atomic E-state index is -3.58.